The van der Waals surface area contributed by atoms with E-state index in [1.165, 1.54) is 12.1 Å². The number of ether oxygens (including phenoxy) is 1. The van der Waals surface area contributed by atoms with Crippen molar-refractivity contribution in [2.75, 3.05) is 68.0 Å². The van der Waals surface area contributed by atoms with Crippen LogP contribution in [0.2, 0.25) is 0 Å². The number of nitrogens with zero attached hydrogens (tertiary/aromatic N) is 3. The van der Waals surface area contributed by atoms with Crippen molar-refractivity contribution < 1.29 is 27.1 Å². The number of rotatable bonds is 7. The van der Waals surface area contributed by atoms with E-state index in [1.807, 2.05) is 18.9 Å². The Morgan fingerprint density at radius 3 is 2.56 bits per heavy atom. The molecule has 1 N–H and O–H groups in total. The molecule has 12 heteroatoms. The lowest BCUT2D eigenvalue weighted by molar-refractivity contribution is -0.138. The summed E-state index contributed by atoms with van der Waals surface area (Å²) in [6.07, 6.45) is 2.28. The molecule has 1 unspecified atom stereocenters. The number of aromatic nitrogens is 1. The van der Waals surface area contributed by atoms with Crippen LogP contribution in [-0.4, -0.2) is 79.6 Å². The Kier molecular flexibility index (Phi) is 8.82. The van der Waals surface area contributed by atoms with E-state index in [-0.39, 0.29) is 28.7 Å². The van der Waals surface area contributed by atoms with Crippen molar-refractivity contribution in [1.29, 1.82) is 0 Å². The lowest BCUT2D eigenvalue weighted by Crippen LogP contribution is -2.50. The van der Waals surface area contributed by atoms with Crippen LogP contribution >= 0.6 is 26.0 Å². The Labute approximate surface area is 218 Å². The Bertz CT molecular complexity index is 1110. The Morgan fingerprint density at radius 2 is 1.94 bits per heavy atom. The molecule has 200 valence electrons. The van der Waals surface area contributed by atoms with Crippen molar-refractivity contribution in [2.24, 2.45) is 0 Å². The minimum atomic E-state index is -4.80. The van der Waals surface area contributed by atoms with Gasteiger partial charge in [0.15, 0.2) is 0 Å². The van der Waals surface area contributed by atoms with Gasteiger partial charge >= 0.3 is 6.18 Å². The van der Waals surface area contributed by atoms with E-state index in [9.17, 15) is 22.4 Å². The van der Waals surface area contributed by atoms with Crippen molar-refractivity contribution in [1.82, 2.24) is 9.88 Å². The van der Waals surface area contributed by atoms with E-state index >= 15 is 0 Å². The Hall–Kier alpha value is -2.05. The summed E-state index contributed by atoms with van der Waals surface area (Å²) in [4.78, 5) is 21.1. The van der Waals surface area contributed by atoms with Gasteiger partial charge in [-0.15, -0.1) is 0 Å². The van der Waals surface area contributed by atoms with Gasteiger partial charge < -0.3 is 19.9 Å². The number of carbonyl (C=O) groups is 1. The first-order valence-electron chi connectivity index (χ1n) is 11.3. The second kappa shape index (κ2) is 11.1. The van der Waals surface area contributed by atoms with Gasteiger partial charge in [0.25, 0.3) is 5.91 Å². The molecule has 1 aliphatic heterocycles. The second-order valence-corrected chi connectivity index (χ2v) is 15.2. The molecule has 2 heterocycles. The van der Waals surface area contributed by atoms with E-state index in [4.69, 9.17) is 4.74 Å². The van der Waals surface area contributed by atoms with Gasteiger partial charge in [-0.2, -0.15) is 13.2 Å². The average Bonchev–Trinajstić information content (AvgIpc) is 2.76. The van der Waals surface area contributed by atoms with Crippen molar-refractivity contribution in [3.05, 3.63) is 45.8 Å². The number of alkyl halides is 3. The Morgan fingerprint density at radius 1 is 1.25 bits per heavy atom. The van der Waals surface area contributed by atoms with Crippen molar-refractivity contribution >= 4 is 43.2 Å². The molecule has 1 saturated heterocycles. The van der Waals surface area contributed by atoms with Gasteiger partial charge in [0.2, 0.25) is 5.88 Å². The molecule has 36 heavy (non-hydrogen) atoms. The monoisotopic (exact) mass is 594 g/mol. The Balaban J connectivity index is 1.90. The van der Waals surface area contributed by atoms with Gasteiger partial charge in [-0.1, -0.05) is 0 Å². The molecule has 1 aromatic heterocycles. The fourth-order valence-corrected chi connectivity index (χ4v) is 4.61. The largest absolute Gasteiger partial charge is 0.477 e. The van der Waals surface area contributed by atoms with Gasteiger partial charge in [0.1, 0.15) is 5.82 Å². The van der Waals surface area contributed by atoms with Gasteiger partial charge in [-0.25, -0.2) is 19.4 Å². The zero-order valence-corrected chi connectivity index (χ0v) is 23.3. The molecular formula is C24H31BrF4N4O2S. The van der Waals surface area contributed by atoms with E-state index < -0.39 is 39.1 Å². The third-order valence-electron chi connectivity index (χ3n) is 5.96. The summed E-state index contributed by atoms with van der Waals surface area (Å²) in [5, 5.41) is 2.54. The minimum absolute atomic E-state index is 0.0858. The number of hydrogen-bond acceptors (Lipinski definition) is 5. The minimum Gasteiger partial charge on any atom is -0.477 e. The molecule has 1 aliphatic rings. The quantitative estimate of drug-likeness (QED) is 0.431. The van der Waals surface area contributed by atoms with Crippen LogP contribution in [-0.2, 0) is 6.18 Å². The summed E-state index contributed by atoms with van der Waals surface area (Å²) in [6, 6.07) is 3.55. The summed E-state index contributed by atoms with van der Waals surface area (Å²) in [5.74, 6) is -1.03. The fourth-order valence-electron chi connectivity index (χ4n) is 3.68. The summed E-state index contributed by atoms with van der Waals surface area (Å²) < 4.78 is 61.6. The fraction of sp³-hybridized carbons (Fsp3) is 0.500. The molecule has 3 rings (SSSR count). The molecule has 1 atom stereocenters. The van der Waals surface area contributed by atoms with Gasteiger partial charge in [0, 0.05) is 49.8 Å². The number of piperazine rings is 1. The van der Waals surface area contributed by atoms with Crippen LogP contribution < -0.4 is 15.0 Å². The smallest absolute Gasteiger partial charge is 0.417 e. The number of pyridine rings is 1. The third-order valence-corrected chi connectivity index (χ3v) is 7.96. The maximum Gasteiger partial charge on any atom is 0.417 e. The van der Waals surface area contributed by atoms with Crippen LogP contribution in [0.1, 0.15) is 22.8 Å². The molecule has 0 saturated carbocycles. The normalized spacial score (nSPS) is 17.7. The number of hydrogen-bond donors (Lipinski definition) is 1. The molecule has 0 radical (unpaired) electrons. The summed E-state index contributed by atoms with van der Waals surface area (Å²) in [6.45, 7) is 4.10. The number of halogens is 5. The highest BCUT2D eigenvalue weighted by Gasteiger charge is 2.37. The lowest BCUT2D eigenvalue weighted by atomic mass is 10.1. The van der Waals surface area contributed by atoms with Crippen LogP contribution in [0, 0.1) is 5.82 Å². The van der Waals surface area contributed by atoms with Crippen LogP contribution in [0.25, 0.3) is 0 Å². The van der Waals surface area contributed by atoms with Gasteiger partial charge in [-0.3, -0.25) is 4.79 Å². The molecule has 0 spiro atoms. The standard InChI is InChI=1S/C24H31BrF4N4O2S/c1-15-14-33(7-6-32(15)2)21-12-19(26)18(25)11-20(21)31-23(34)16-13-30-22(10-17(16)24(27,28)29)35-8-9-36(3,4)5/h10-13,15H,6-9,14H2,1-5H3,(H,31,34). The predicted octanol–water partition coefficient (Wildman–Crippen LogP) is 5.47. The lowest BCUT2D eigenvalue weighted by Gasteiger charge is -2.39. The third kappa shape index (κ3) is 7.25. The molecule has 0 aliphatic carbocycles. The van der Waals surface area contributed by atoms with Crippen molar-refractivity contribution in [3.63, 3.8) is 0 Å². The summed E-state index contributed by atoms with van der Waals surface area (Å²) in [7, 11) is 1.09. The van der Waals surface area contributed by atoms with Crippen LogP contribution in [0.5, 0.6) is 5.88 Å². The highest BCUT2D eigenvalue weighted by Crippen LogP contribution is 2.37. The topological polar surface area (TPSA) is 57.7 Å². The van der Waals surface area contributed by atoms with E-state index in [0.717, 1.165) is 12.3 Å². The second-order valence-electron chi connectivity index (χ2n) is 9.72. The first-order valence-corrected chi connectivity index (χ1v) is 15.1. The molecule has 1 aromatic carbocycles. The number of likely N-dealkylation sites (N-methyl/N-ethyl adjacent to an activating group) is 1. The zero-order chi connectivity index (χ0) is 26.8. The molecule has 1 amide bonds. The van der Waals surface area contributed by atoms with Crippen molar-refractivity contribution in [3.8, 4) is 5.88 Å². The first-order chi connectivity index (χ1) is 16.7. The van der Waals surface area contributed by atoms with E-state index in [1.54, 1.807) is 0 Å². The van der Waals surface area contributed by atoms with Crippen LogP contribution in [0.4, 0.5) is 28.9 Å². The summed E-state index contributed by atoms with van der Waals surface area (Å²) in [5.41, 5.74) is -1.19. The highest BCUT2D eigenvalue weighted by molar-refractivity contribution is 9.10. The maximum atomic E-state index is 14.4. The molecule has 1 fully saturated rings. The number of carbonyl (C=O) groups excluding carboxylic acids is 1. The van der Waals surface area contributed by atoms with E-state index in [0.29, 0.717) is 31.1 Å². The molecule has 0 bridgehead atoms. The molecular weight excluding hydrogens is 564 g/mol. The SMILES string of the molecule is CC1CN(c2cc(F)c(Br)cc2NC(=O)c2cnc(OCCS(C)(C)C)cc2C(F)(F)F)CCN1C. The predicted molar refractivity (Wildman–Crippen MR) is 141 cm³/mol. The highest BCUT2D eigenvalue weighted by atomic mass is 79.9. The number of benzene rings is 1. The van der Waals surface area contributed by atoms with Gasteiger partial charge in [0.05, 0.1) is 33.6 Å². The zero-order valence-electron chi connectivity index (χ0n) is 20.9. The van der Waals surface area contributed by atoms with Gasteiger partial charge in [-0.05, 0) is 54.7 Å². The summed E-state index contributed by atoms with van der Waals surface area (Å²) >= 11 is 3.11. The molecule has 6 nitrogen and oxygen atoms in total. The average molecular weight is 596 g/mol. The first kappa shape index (κ1) is 28.5. The number of nitrogens with one attached hydrogen (secondary N) is 1. The van der Waals surface area contributed by atoms with Crippen LogP contribution in [0.3, 0.4) is 0 Å². The maximum absolute atomic E-state index is 14.4. The van der Waals surface area contributed by atoms with E-state index in [2.05, 4.69) is 49.9 Å². The number of amides is 1. The number of anilines is 2. The molecule has 2 aromatic rings. The van der Waals surface area contributed by atoms with Crippen LogP contribution in [0.15, 0.2) is 28.9 Å². The van der Waals surface area contributed by atoms with Crippen molar-refractivity contribution in [2.45, 2.75) is 19.1 Å².